The average molecular weight is 238 g/mol. The third-order valence-electron chi connectivity index (χ3n) is 3.27. The molecular weight excluding hydrogens is 220 g/mol. The van der Waals surface area contributed by atoms with Crippen LogP contribution in [0.2, 0.25) is 0 Å². The summed E-state index contributed by atoms with van der Waals surface area (Å²) >= 11 is 0. The SMILES string of the molecule is NC1CCC(NC(=O)C2=NNC(=O)CC2)CC1. The average Bonchev–Trinajstić information content (AvgIpc) is 2.33. The summed E-state index contributed by atoms with van der Waals surface area (Å²) in [6.45, 7) is 0. The van der Waals surface area contributed by atoms with Crippen molar-refractivity contribution >= 4 is 17.5 Å². The molecule has 2 rings (SSSR count). The van der Waals surface area contributed by atoms with Crippen molar-refractivity contribution in [1.29, 1.82) is 0 Å². The summed E-state index contributed by atoms with van der Waals surface area (Å²) in [6, 6.07) is 0.470. The number of hydrogen-bond donors (Lipinski definition) is 3. The molecule has 6 nitrogen and oxygen atoms in total. The number of amides is 2. The van der Waals surface area contributed by atoms with Gasteiger partial charge < -0.3 is 11.1 Å². The summed E-state index contributed by atoms with van der Waals surface area (Å²) in [6.07, 6.45) is 4.51. The van der Waals surface area contributed by atoms with Crippen molar-refractivity contribution in [2.24, 2.45) is 10.8 Å². The topological polar surface area (TPSA) is 96.6 Å². The molecule has 0 radical (unpaired) electrons. The fourth-order valence-electron chi connectivity index (χ4n) is 2.17. The molecule has 4 N–H and O–H groups in total. The number of carbonyl (C=O) groups is 2. The number of nitrogens with one attached hydrogen (secondary N) is 2. The van der Waals surface area contributed by atoms with Crippen molar-refractivity contribution in [1.82, 2.24) is 10.7 Å². The molecule has 0 aromatic carbocycles. The Morgan fingerprint density at radius 3 is 2.59 bits per heavy atom. The second-order valence-electron chi connectivity index (χ2n) is 4.68. The highest BCUT2D eigenvalue weighted by molar-refractivity contribution is 6.39. The first-order chi connectivity index (χ1) is 8.15. The maximum absolute atomic E-state index is 11.8. The van der Waals surface area contributed by atoms with Gasteiger partial charge in [-0.2, -0.15) is 5.10 Å². The lowest BCUT2D eigenvalue weighted by atomic mass is 9.91. The normalized spacial score (nSPS) is 29.2. The first-order valence-corrected chi connectivity index (χ1v) is 6.07. The predicted molar refractivity (Wildman–Crippen MR) is 63.2 cm³/mol. The van der Waals surface area contributed by atoms with Crippen LogP contribution >= 0.6 is 0 Å². The summed E-state index contributed by atoms with van der Waals surface area (Å²) in [7, 11) is 0. The number of rotatable bonds is 2. The van der Waals surface area contributed by atoms with Crippen molar-refractivity contribution < 1.29 is 9.59 Å². The molecule has 0 atom stereocenters. The number of hydrogen-bond acceptors (Lipinski definition) is 4. The Morgan fingerprint density at radius 2 is 2.00 bits per heavy atom. The van der Waals surface area contributed by atoms with Gasteiger partial charge in [0.15, 0.2) is 0 Å². The van der Waals surface area contributed by atoms with E-state index < -0.39 is 0 Å². The molecule has 17 heavy (non-hydrogen) atoms. The third-order valence-corrected chi connectivity index (χ3v) is 3.27. The van der Waals surface area contributed by atoms with Gasteiger partial charge in [-0.15, -0.1) is 0 Å². The maximum atomic E-state index is 11.8. The van der Waals surface area contributed by atoms with E-state index in [9.17, 15) is 9.59 Å². The van der Waals surface area contributed by atoms with Gasteiger partial charge >= 0.3 is 0 Å². The van der Waals surface area contributed by atoms with E-state index in [1.54, 1.807) is 0 Å². The van der Waals surface area contributed by atoms with Gasteiger partial charge in [0.05, 0.1) is 0 Å². The van der Waals surface area contributed by atoms with Gasteiger partial charge in [0, 0.05) is 24.9 Å². The Balaban J connectivity index is 1.83. The standard InChI is InChI=1S/C11H18N4O2/c12-7-1-3-8(4-2-7)13-11(17)9-5-6-10(16)15-14-9/h7-8H,1-6,12H2,(H,13,17)(H,15,16). The highest BCUT2D eigenvalue weighted by Gasteiger charge is 2.23. The zero-order valence-corrected chi connectivity index (χ0v) is 9.74. The quantitative estimate of drug-likeness (QED) is 0.612. The lowest BCUT2D eigenvalue weighted by molar-refractivity contribution is -0.121. The van der Waals surface area contributed by atoms with E-state index in [4.69, 9.17) is 5.73 Å². The van der Waals surface area contributed by atoms with Crippen LogP contribution in [0.4, 0.5) is 0 Å². The van der Waals surface area contributed by atoms with Gasteiger partial charge in [-0.1, -0.05) is 0 Å². The largest absolute Gasteiger partial charge is 0.348 e. The van der Waals surface area contributed by atoms with Crippen molar-refractivity contribution in [2.75, 3.05) is 0 Å². The van der Waals surface area contributed by atoms with E-state index in [1.807, 2.05) is 0 Å². The maximum Gasteiger partial charge on any atom is 0.267 e. The summed E-state index contributed by atoms with van der Waals surface area (Å²) < 4.78 is 0. The molecular formula is C11H18N4O2. The molecule has 1 saturated carbocycles. The summed E-state index contributed by atoms with van der Waals surface area (Å²) in [4.78, 5) is 22.7. The van der Waals surface area contributed by atoms with Crippen molar-refractivity contribution in [3.05, 3.63) is 0 Å². The van der Waals surface area contributed by atoms with E-state index in [-0.39, 0.29) is 23.9 Å². The van der Waals surface area contributed by atoms with Crippen LogP contribution in [0.3, 0.4) is 0 Å². The van der Waals surface area contributed by atoms with Crippen LogP contribution in [-0.4, -0.2) is 29.6 Å². The Bertz CT molecular complexity index is 345. The van der Waals surface area contributed by atoms with Gasteiger partial charge in [0.1, 0.15) is 5.71 Å². The smallest absolute Gasteiger partial charge is 0.267 e. The van der Waals surface area contributed by atoms with E-state index in [0.29, 0.717) is 18.6 Å². The number of nitrogens with two attached hydrogens (primary N) is 1. The zero-order valence-electron chi connectivity index (χ0n) is 9.74. The first kappa shape index (κ1) is 12.0. The summed E-state index contributed by atoms with van der Waals surface area (Å²) in [5.74, 6) is -0.296. The van der Waals surface area contributed by atoms with Crippen LogP contribution < -0.4 is 16.5 Å². The molecule has 0 saturated heterocycles. The van der Waals surface area contributed by atoms with Crippen molar-refractivity contribution in [3.8, 4) is 0 Å². The second-order valence-corrected chi connectivity index (χ2v) is 4.68. The van der Waals surface area contributed by atoms with Crippen LogP contribution in [0.25, 0.3) is 0 Å². The van der Waals surface area contributed by atoms with E-state index in [0.717, 1.165) is 25.7 Å². The van der Waals surface area contributed by atoms with Gasteiger partial charge in [-0.05, 0) is 25.7 Å². The predicted octanol–water partition coefficient (Wildman–Crippen LogP) is -0.361. The lowest BCUT2D eigenvalue weighted by Gasteiger charge is -2.27. The molecule has 2 amide bonds. The van der Waals surface area contributed by atoms with Crippen LogP contribution in [0.5, 0.6) is 0 Å². The highest BCUT2D eigenvalue weighted by atomic mass is 16.2. The van der Waals surface area contributed by atoms with Crippen LogP contribution in [0.15, 0.2) is 5.10 Å². The molecule has 0 aromatic heterocycles. The van der Waals surface area contributed by atoms with Crippen LogP contribution in [-0.2, 0) is 9.59 Å². The third kappa shape index (κ3) is 3.26. The van der Waals surface area contributed by atoms with Crippen molar-refractivity contribution in [2.45, 2.75) is 50.6 Å². The minimum Gasteiger partial charge on any atom is -0.348 e. The Labute approximate surface area is 100 Å². The molecule has 0 aromatic rings. The molecule has 0 bridgehead atoms. The first-order valence-electron chi connectivity index (χ1n) is 6.07. The minimum atomic E-state index is -0.162. The van der Waals surface area contributed by atoms with E-state index >= 15 is 0 Å². The fourth-order valence-corrected chi connectivity index (χ4v) is 2.17. The molecule has 6 heteroatoms. The Morgan fingerprint density at radius 1 is 1.29 bits per heavy atom. The molecule has 1 aliphatic heterocycles. The van der Waals surface area contributed by atoms with Gasteiger partial charge in [0.25, 0.3) is 5.91 Å². The molecule has 1 fully saturated rings. The molecule has 1 heterocycles. The van der Waals surface area contributed by atoms with E-state index in [2.05, 4.69) is 15.8 Å². The number of nitrogens with zero attached hydrogens (tertiary/aromatic N) is 1. The summed E-state index contributed by atoms with van der Waals surface area (Å²) in [5.41, 5.74) is 8.54. The van der Waals surface area contributed by atoms with E-state index in [1.165, 1.54) is 0 Å². The molecule has 0 unspecified atom stereocenters. The molecule has 0 spiro atoms. The van der Waals surface area contributed by atoms with Gasteiger partial charge in [0.2, 0.25) is 5.91 Å². The Kier molecular flexibility index (Phi) is 3.73. The van der Waals surface area contributed by atoms with Gasteiger partial charge in [-0.25, -0.2) is 5.43 Å². The molecule has 2 aliphatic rings. The van der Waals surface area contributed by atoms with Gasteiger partial charge in [-0.3, -0.25) is 9.59 Å². The van der Waals surface area contributed by atoms with Crippen LogP contribution in [0, 0.1) is 0 Å². The molecule has 94 valence electrons. The number of carbonyl (C=O) groups excluding carboxylic acids is 2. The fraction of sp³-hybridized carbons (Fsp3) is 0.727. The van der Waals surface area contributed by atoms with Crippen LogP contribution in [0.1, 0.15) is 38.5 Å². The summed E-state index contributed by atoms with van der Waals surface area (Å²) in [5, 5.41) is 6.72. The second kappa shape index (κ2) is 5.27. The van der Waals surface area contributed by atoms with Crippen molar-refractivity contribution in [3.63, 3.8) is 0 Å². The zero-order chi connectivity index (χ0) is 12.3. The highest BCUT2D eigenvalue weighted by Crippen LogP contribution is 2.17. The molecule has 1 aliphatic carbocycles. The Hall–Kier alpha value is -1.43. The monoisotopic (exact) mass is 238 g/mol. The number of hydrazone groups is 1. The minimum absolute atomic E-state index is 0.134. The lowest BCUT2D eigenvalue weighted by Crippen LogP contribution is -2.44.